The van der Waals surface area contributed by atoms with E-state index in [-0.39, 0.29) is 24.2 Å². The maximum atomic E-state index is 12.6. The van der Waals surface area contributed by atoms with E-state index in [2.05, 4.69) is 12.2 Å². The van der Waals surface area contributed by atoms with Gasteiger partial charge in [-0.1, -0.05) is 36.7 Å². The second kappa shape index (κ2) is 7.28. The van der Waals surface area contributed by atoms with Gasteiger partial charge in [-0.25, -0.2) is 0 Å². The molecule has 0 spiro atoms. The highest BCUT2D eigenvalue weighted by atomic mass is 35.5. The van der Waals surface area contributed by atoms with Crippen LogP contribution in [0.2, 0.25) is 5.02 Å². The molecule has 5 heteroatoms. The molecule has 0 saturated carbocycles. The van der Waals surface area contributed by atoms with E-state index >= 15 is 0 Å². The zero-order valence-corrected chi connectivity index (χ0v) is 15.1. The van der Waals surface area contributed by atoms with Gasteiger partial charge < -0.3 is 10.2 Å². The van der Waals surface area contributed by atoms with Gasteiger partial charge in [0.2, 0.25) is 11.8 Å². The van der Waals surface area contributed by atoms with Gasteiger partial charge in [0.1, 0.15) is 0 Å². The van der Waals surface area contributed by atoms with Crippen LogP contribution in [0.4, 0.5) is 11.4 Å². The van der Waals surface area contributed by atoms with E-state index in [4.69, 9.17) is 11.6 Å². The minimum Gasteiger partial charge on any atom is -0.326 e. The second-order valence-corrected chi connectivity index (χ2v) is 6.77. The quantitative estimate of drug-likeness (QED) is 0.892. The lowest BCUT2D eigenvalue weighted by molar-refractivity contribution is -0.122. The van der Waals surface area contributed by atoms with Crippen LogP contribution in [0, 0.1) is 12.8 Å². The third kappa shape index (κ3) is 3.69. The largest absolute Gasteiger partial charge is 0.326 e. The van der Waals surface area contributed by atoms with Gasteiger partial charge in [0.25, 0.3) is 0 Å². The summed E-state index contributed by atoms with van der Waals surface area (Å²) in [5.74, 6) is -0.489. The van der Waals surface area contributed by atoms with Crippen molar-refractivity contribution in [1.82, 2.24) is 0 Å². The van der Waals surface area contributed by atoms with Crippen molar-refractivity contribution < 1.29 is 9.59 Å². The summed E-state index contributed by atoms with van der Waals surface area (Å²) in [6.07, 6.45) is 1.08. The molecule has 1 aliphatic rings. The Kier molecular flexibility index (Phi) is 5.09. The molecular formula is C20H21ClN2O2. The van der Waals surface area contributed by atoms with Crippen LogP contribution in [0.15, 0.2) is 42.5 Å². The van der Waals surface area contributed by atoms with E-state index in [0.29, 0.717) is 11.6 Å². The Balaban J connectivity index is 1.74. The molecule has 4 nitrogen and oxygen atoms in total. The molecule has 25 heavy (non-hydrogen) atoms. The van der Waals surface area contributed by atoms with Crippen molar-refractivity contribution in [3.05, 3.63) is 58.6 Å². The minimum atomic E-state index is -0.354. The molecule has 0 aromatic heterocycles. The summed E-state index contributed by atoms with van der Waals surface area (Å²) < 4.78 is 0. The van der Waals surface area contributed by atoms with Crippen LogP contribution in [0.5, 0.6) is 0 Å². The van der Waals surface area contributed by atoms with E-state index in [1.807, 2.05) is 31.2 Å². The number of carbonyl (C=O) groups excluding carboxylic acids is 2. The van der Waals surface area contributed by atoms with Gasteiger partial charge in [0.05, 0.1) is 5.92 Å². The van der Waals surface area contributed by atoms with Crippen molar-refractivity contribution in [2.24, 2.45) is 5.92 Å². The number of nitrogens with one attached hydrogen (secondary N) is 1. The Bertz CT molecular complexity index is 819. The zero-order valence-electron chi connectivity index (χ0n) is 14.4. The molecule has 3 rings (SSSR count). The second-order valence-electron chi connectivity index (χ2n) is 6.34. The van der Waals surface area contributed by atoms with Crippen LogP contribution >= 0.6 is 11.6 Å². The van der Waals surface area contributed by atoms with Crippen molar-refractivity contribution >= 4 is 34.8 Å². The Morgan fingerprint density at radius 1 is 1.28 bits per heavy atom. The van der Waals surface area contributed by atoms with Crippen LogP contribution in [0.1, 0.15) is 24.5 Å². The molecule has 2 amide bonds. The molecule has 2 aromatic rings. The maximum absolute atomic E-state index is 12.6. The summed E-state index contributed by atoms with van der Waals surface area (Å²) in [7, 11) is 0. The number of hydrogen-bond acceptors (Lipinski definition) is 2. The molecule has 1 aliphatic heterocycles. The van der Waals surface area contributed by atoms with Gasteiger partial charge >= 0.3 is 0 Å². The standard InChI is InChI=1S/C20H21ClN2O2/c1-3-14-6-4-5-7-18(14)23-12-15(11-19(23)24)20(25)22-17-9-8-16(21)10-13(17)2/h4-10,15H,3,11-12H2,1-2H3,(H,22,25). The SMILES string of the molecule is CCc1ccccc1N1CC(C(=O)Nc2ccc(Cl)cc2C)CC1=O. The van der Waals surface area contributed by atoms with Crippen molar-refractivity contribution in [2.45, 2.75) is 26.7 Å². The first-order valence-electron chi connectivity index (χ1n) is 8.45. The predicted octanol–water partition coefficient (Wildman–Crippen LogP) is 4.20. The lowest BCUT2D eigenvalue weighted by atomic mass is 10.1. The Hall–Kier alpha value is -2.33. The number of para-hydroxylation sites is 1. The monoisotopic (exact) mass is 356 g/mol. The van der Waals surface area contributed by atoms with Crippen molar-refractivity contribution in [2.75, 3.05) is 16.8 Å². The topological polar surface area (TPSA) is 49.4 Å². The number of rotatable bonds is 4. The normalized spacial score (nSPS) is 17.0. The number of halogens is 1. The van der Waals surface area contributed by atoms with E-state index in [1.165, 1.54) is 0 Å². The summed E-state index contributed by atoms with van der Waals surface area (Å²) in [5.41, 5.74) is 3.66. The number of hydrogen-bond donors (Lipinski definition) is 1. The number of amides is 2. The van der Waals surface area contributed by atoms with Crippen LogP contribution in [0.3, 0.4) is 0 Å². The molecule has 1 heterocycles. The summed E-state index contributed by atoms with van der Waals surface area (Å²) in [5, 5.41) is 3.56. The molecular weight excluding hydrogens is 336 g/mol. The number of carbonyl (C=O) groups is 2. The van der Waals surface area contributed by atoms with Crippen LogP contribution < -0.4 is 10.2 Å². The number of aryl methyl sites for hydroxylation is 2. The fourth-order valence-corrected chi connectivity index (χ4v) is 3.42. The van der Waals surface area contributed by atoms with Crippen LogP contribution in [-0.2, 0) is 16.0 Å². The maximum Gasteiger partial charge on any atom is 0.229 e. The van der Waals surface area contributed by atoms with Gasteiger partial charge in [-0.3, -0.25) is 9.59 Å². The molecule has 1 unspecified atom stereocenters. The van der Waals surface area contributed by atoms with Gasteiger partial charge in [-0.15, -0.1) is 0 Å². The average Bonchev–Trinajstić information content (AvgIpc) is 2.99. The first-order valence-corrected chi connectivity index (χ1v) is 8.82. The lowest BCUT2D eigenvalue weighted by Gasteiger charge is -2.20. The minimum absolute atomic E-state index is 0.00567. The summed E-state index contributed by atoms with van der Waals surface area (Å²) >= 11 is 5.95. The smallest absolute Gasteiger partial charge is 0.229 e. The van der Waals surface area contributed by atoms with Gasteiger partial charge in [0.15, 0.2) is 0 Å². The van der Waals surface area contributed by atoms with E-state index in [0.717, 1.165) is 28.9 Å². The van der Waals surface area contributed by atoms with Gasteiger partial charge in [-0.05, 0) is 48.7 Å². The van der Waals surface area contributed by atoms with Crippen LogP contribution in [0.25, 0.3) is 0 Å². The van der Waals surface area contributed by atoms with Crippen molar-refractivity contribution in [3.63, 3.8) is 0 Å². The molecule has 0 bridgehead atoms. The van der Waals surface area contributed by atoms with E-state index in [1.54, 1.807) is 23.1 Å². The van der Waals surface area contributed by atoms with E-state index in [9.17, 15) is 9.59 Å². The highest BCUT2D eigenvalue weighted by molar-refractivity contribution is 6.30. The molecule has 1 N–H and O–H groups in total. The summed E-state index contributed by atoms with van der Waals surface area (Å²) in [4.78, 5) is 26.8. The number of nitrogens with zero attached hydrogens (tertiary/aromatic N) is 1. The fourth-order valence-electron chi connectivity index (χ4n) is 3.19. The first-order chi connectivity index (χ1) is 12.0. The average molecular weight is 357 g/mol. The molecule has 0 aliphatic carbocycles. The lowest BCUT2D eigenvalue weighted by Crippen LogP contribution is -2.28. The number of benzene rings is 2. The third-order valence-electron chi connectivity index (χ3n) is 4.61. The summed E-state index contributed by atoms with van der Waals surface area (Å²) in [6.45, 7) is 4.37. The van der Waals surface area contributed by atoms with E-state index < -0.39 is 0 Å². The molecule has 1 fully saturated rings. The summed E-state index contributed by atoms with van der Waals surface area (Å²) in [6, 6.07) is 13.2. The Morgan fingerprint density at radius 2 is 2.04 bits per heavy atom. The molecule has 1 saturated heterocycles. The number of anilines is 2. The molecule has 1 atom stereocenters. The highest BCUT2D eigenvalue weighted by Gasteiger charge is 2.35. The van der Waals surface area contributed by atoms with Gasteiger partial charge in [0, 0.05) is 29.4 Å². The Labute approximate surface area is 152 Å². The van der Waals surface area contributed by atoms with Crippen molar-refractivity contribution in [1.29, 1.82) is 0 Å². The fraction of sp³-hybridized carbons (Fsp3) is 0.300. The molecule has 0 radical (unpaired) electrons. The predicted molar refractivity (Wildman–Crippen MR) is 101 cm³/mol. The van der Waals surface area contributed by atoms with Gasteiger partial charge in [-0.2, -0.15) is 0 Å². The van der Waals surface area contributed by atoms with Crippen LogP contribution in [-0.4, -0.2) is 18.4 Å². The first kappa shape index (κ1) is 17.5. The molecule has 130 valence electrons. The Morgan fingerprint density at radius 3 is 2.76 bits per heavy atom. The third-order valence-corrected chi connectivity index (χ3v) is 4.84. The molecule has 2 aromatic carbocycles. The zero-order chi connectivity index (χ0) is 18.0. The van der Waals surface area contributed by atoms with Crippen molar-refractivity contribution in [3.8, 4) is 0 Å². The highest BCUT2D eigenvalue weighted by Crippen LogP contribution is 2.29.